The van der Waals surface area contributed by atoms with Crippen molar-refractivity contribution in [1.82, 2.24) is 4.98 Å². The normalized spacial score (nSPS) is 21.6. The van der Waals surface area contributed by atoms with Crippen LogP contribution in [0, 0.1) is 11.3 Å². The molecule has 0 spiro atoms. The molecule has 0 aliphatic carbocycles. The molecule has 94 valence electrons. The van der Waals surface area contributed by atoms with Gasteiger partial charge in [0.1, 0.15) is 0 Å². The quantitative estimate of drug-likeness (QED) is 0.751. The minimum absolute atomic E-state index is 0.209. The molecule has 2 heterocycles. The molecule has 3 rings (SSSR count). The van der Waals surface area contributed by atoms with E-state index in [0.717, 1.165) is 20.9 Å². The van der Waals surface area contributed by atoms with Crippen molar-refractivity contribution in [3.05, 3.63) is 34.4 Å². The second-order valence-corrected chi connectivity index (χ2v) is 5.70. The van der Waals surface area contributed by atoms with Crippen molar-refractivity contribution in [3.8, 4) is 6.07 Å². The first kappa shape index (κ1) is 12.1. The maximum Gasteiger partial charge on any atom is 0.251 e. The van der Waals surface area contributed by atoms with Gasteiger partial charge in [0.05, 0.1) is 23.5 Å². The van der Waals surface area contributed by atoms with E-state index in [4.69, 9.17) is 0 Å². The summed E-state index contributed by atoms with van der Waals surface area (Å²) in [4.78, 5) is 18.2. The Balaban J connectivity index is 2.49. The average Bonchev–Trinajstić information content (AvgIpc) is 2.61. The monoisotopic (exact) mass is 315 g/mol. The number of anilines is 1. The molecule has 1 aliphatic heterocycles. The summed E-state index contributed by atoms with van der Waals surface area (Å²) in [6, 6.07) is 7.83. The molecular formula is C14H10BrN3O. The van der Waals surface area contributed by atoms with Gasteiger partial charge < -0.3 is 4.90 Å². The summed E-state index contributed by atoms with van der Waals surface area (Å²) in [6.07, 6.45) is 1.66. The standard InChI is InChI=1S/C14H10BrN3O/c1-14(7-16)12-9-5-8(15)3-4-10(9)17-6-11(12)18(2)13(14)19/h3-6H,1-2H3. The molecule has 4 nitrogen and oxygen atoms in total. The van der Waals surface area contributed by atoms with Crippen molar-refractivity contribution in [2.45, 2.75) is 12.3 Å². The van der Waals surface area contributed by atoms with Crippen LogP contribution < -0.4 is 4.90 Å². The molecule has 1 unspecified atom stereocenters. The summed E-state index contributed by atoms with van der Waals surface area (Å²) in [5.74, 6) is -0.209. The van der Waals surface area contributed by atoms with E-state index in [1.807, 2.05) is 18.2 Å². The lowest BCUT2D eigenvalue weighted by molar-refractivity contribution is -0.120. The van der Waals surface area contributed by atoms with Crippen molar-refractivity contribution in [2.75, 3.05) is 11.9 Å². The van der Waals surface area contributed by atoms with Gasteiger partial charge in [-0.25, -0.2) is 0 Å². The third-order valence-electron chi connectivity index (χ3n) is 3.63. The Morgan fingerprint density at radius 1 is 1.47 bits per heavy atom. The Labute approximate surface area is 118 Å². The molecule has 1 aromatic carbocycles. The van der Waals surface area contributed by atoms with Gasteiger partial charge in [0.15, 0.2) is 5.41 Å². The second kappa shape index (κ2) is 3.78. The minimum atomic E-state index is -1.15. The molecule has 1 amide bonds. The number of carbonyl (C=O) groups is 1. The highest BCUT2D eigenvalue weighted by molar-refractivity contribution is 9.10. The maximum absolute atomic E-state index is 12.3. The van der Waals surface area contributed by atoms with E-state index in [1.165, 1.54) is 4.90 Å². The lowest BCUT2D eigenvalue weighted by Crippen LogP contribution is -2.34. The summed E-state index contributed by atoms with van der Waals surface area (Å²) in [5, 5.41) is 10.3. The third-order valence-corrected chi connectivity index (χ3v) is 4.12. The number of likely N-dealkylation sites (N-methyl/N-ethyl adjacent to an activating group) is 1. The van der Waals surface area contributed by atoms with Crippen LogP contribution in [0.15, 0.2) is 28.9 Å². The number of rotatable bonds is 0. The zero-order valence-corrected chi connectivity index (χ0v) is 12.0. The SMILES string of the molecule is CN1C(=O)C(C)(C#N)c2c1cnc1ccc(Br)cc21. The Bertz CT molecular complexity index is 765. The van der Waals surface area contributed by atoms with Crippen LogP contribution in [0.1, 0.15) is 12.5 Å². The van der Waals surface area contributed by atoms with E-state index in [2.05, 4.69) is 27.0 Å². The number of aromatic nitrogens is 1. The van der Waals surface area contributed by atoms with Crippen LogP contribution in [0.2, 0.25) is 0 Å². The van der Waals surface area contributed by atoms with Gasteiger partial charge >= 0.3 is 0 Å². The van der Waals surface area contributed by atoms with Crippen LogP contribution >= 0.6 is 15.9 Å². The lowest BCUT2D eigenvalue weighted by Gasteiger charge is -2.14. The van der Waals surface area contributed by atoms with Crippen LogP contribution in [0.4, 0.5) is 5.69 Å². The number of hydrogen-bond acceptors (Lipinski definition) is 3. The Hall–Kier alpha value is -1.93. The molecule has 1 atom stereocenters. The largest absolute Gasteiger partial charge is 0.312 e. The maximum atomic E-state index is 12.3. The number of nitrogens with zero attached hydrogens (tertiary/aromatic N) is 3. The first-order valence-corrected chi connectivity index (χ1v) is 6.56. The molecule has 5 heteroatoms. The molecule has 0 radical (unpaired) electrons. The van der Waals surface area contributed by atoms with E-state index in [9.17, 15) is 10.1 Å². The van der Waals surface area contributed by atoms with Crippen LogP contribution in [0.3, 0.4) is 0 Å². The zero-order valence-electron chi connectivity index (χ0n) is 10.4. The molecule has 0 N–H and O–H groups in total. The molecule has 19 heavy (non-hydrogen) atoms. The van der Waals surface area contributed by atoms with Crippen molar-refractivity contribution in [3.63, 3.8) is 0 Å². The summed E-state index contributed by atoms with van der Waals surface area (Å²) in [7, 11) is 1.68. The predicted molar refractivity (Wildman–Crippen MR) is 75.8 cm³/mol. The van der Waals surface area contributed by atoms with Gasteiger partial charge in [-0.3, -0.25) is 9.78 Å². The van der Waals surface area contributed by atoms with Gasteiger partial charge in [-0.05, 0) is 25.1 Å². The summed E-state index contributed by atoms with van der Waals surface area (Å²) >= 11 is 3.42. The van der Waals surface area contributed by atoms with Gasteiger partial charge in [0.2, 0.25) is 0 Å². The topological polar surface area (TPSA) is 57.0 Å². The molecule has 1 aromatic heterocycles. The second-order valence-electron chi connectivity index (χ2n) is 4.78. The van der Waals surface area contributed by atoms with Gasteiger partial charge in [-0.15, -0.1) is 0 Å². The van der Waals surface area contributed by atoms with E-state index < -0.39 is 5.41 Å². The first-order valence-electron chi connectivity index (χ1n) is 5.77. The Morgan fingerprint density at radius 3 is 2.89 bits per heavy atom. The first-order chi connectivity index (χ1) is 8.99. The summed E-state index contributed by atoms with van der Waals surface area (Å²) in [5.41, 5.74) is 1.09. The fraction of sp³-hybridized carbons (Fsp3) is 0.214. The predicted octanol–water partition coefficient (Wildman–Crippen LogP) is 2.75. The number of hydrogen-bond donors (Lipinski definition) is 0. The number of halogens is 1. The highest BCUT2D eigenvalue weighted by Crippen LogP contribution is 2.44. The van der Waals surface area contributed by atoms with Gasteiger partial charge in [-0.1, -0.05) is 15.9 Å². The smallest absolute Gasteiger partial charge is 0.251 e. The third kappa shape index (κ3) is 1.44. The number of amides is 1. The van der Waals surface area contributed by atoms with E-state index in [0.29, 0.717) is 5.69 Å². The van der Waals surface area contributed by atoms with Crippen LogP contribution in [0.25, 0.3) is 10.9 Å². The summed E-state index contributed by atoms with van der Waals surface area (Å²) in [6.45, 7) is 1.66. The molecule has 0 saturated carbocycles. The van der Waals surface area contributed by atoms with E-state index in [-0.39, 0.29) is 5.91 Å². The molecular weight excluding hydrogens is 306 g/mol. The number of pyridine rings is 1. The zero-order chi connectivity index (χ0) is 13.8. The molecule has 1 aliphatic rings. The number of nitriles is 1. The number of fused-ring (bicyclic) bond motifs is 3. The molecule has 0 bridgehead atoms. The van der Waals surface area contributed by atoms with Crippen LogP contribution in [0.5, 0.6) is 0 Å². The fourth-order valence-corrected chi connectivity index (χ4v) is 2.95. The van der Waals surface area contributed by atoms with E-state index in [1.54, 1.807) is 20.2 Å². The fourth-order valence-electron chi connectivity index (χ4n) is 2.59. The van der Waals surface area contributed by atoms with Crippen molar-refractivity contribution in [1.29, 1.82) is 5.26 Å². The summed E-state index contributed by atoms with van der Waals surface area (Å²) < 4.78 is 0.900. The molecule has 2 aromatic rings. The van der Waals surface area contributed by atoms with E-state index >= 15 is 0 Å². The van der Waals surface area contributed by atoms with Crippen molar-refractivity contribution in [2.24, 2.45) is 0 Å². The Kier molecular flexibility index (Phi) is 2.41. The Morgan fingerprint density at radius 2 is 2.21 bits per heavy atom. The van der Waals surface area contributed by atoms with Gasteiger partial charge in [-0.2, -0.15) is 5.26 Å². The minimum Gasteiger partial charge on any atom is -0.312 e. The van der Waals surface area contributed by atoms with Crippen LogP contribution in [-0.4, -0.2) is 17.9 Å². The number of carbonyl (C=O) groups excluding carboxylic acids is 1. The van der Waals surface area contributed by atoms with Gasteiger partial charge in [0.25, 0.3) is 5.91 Å². The average molecular weight is 316 g/mol. The lowest BCUT2D eigenvalue weighted by atomic mass is 9.83. The van der Waals surface area contributed by atoms with Crippen molar-refractivity contribution >= 4 is 38.4 Å². The highest BCUT2D eigenvalue weighted by atomic mass is 79.9. The number of benzene rings is 1. The van der Waals surface area contributed by atoms with Crippen molar-refractivity contribution < 1.29 is 4.79 Å². The highest BCUT2D eigenvalue weighted by Gasteiger charge is 2.48. The molecule has 0 fully saturated rings. The molecule has 0 saturated heterocycles. The van der Waals surface area contributed by atoms with Gasteiger partial charge in [0, 0.05) is 22.5 Å². The van der Waals surface area contributed by atoms with Crippen LogP contribution in [-0.2, 0) is 10.2 Å².